The number of nitriles is 1. The van der Waals surface area contributed by atoms with E-state index in [0.29, 0.717) is 0 Å². The fourth-order valence-electron chi connectivity index (χ4n) is 2.44. The van der Waals surface area contributed by atoms with E-state index in [0.717, 1.165) is 62.2 Å². The Kier molecular flexibility index (Phi) is 6.26. The monoisotopic (exact) mass is 285 g/mol. The maximum atomic E-state index is 9.10. The molecule has 0 aliphatic rings. The SMILES string of the molecule is CCOCCCCNCCn1ccc2c(C#N)cccc21. The Morgan fingerprint density at radius 3 is 2.95 bits per heavy atom. The lowest BCUT2D eigenvalue weighted by Gasteiger charge is -2.07. The summed E-state index contributed by atoms with van der Waals surface area (Å²) in [6.45, 7) is 6.57. The third-order valence-electron chi connectivity index (χ3n) is 3.56. The van der Waals surface area contributed by atoms with Gasteiger partial charge in [0.15, 0.2) is 0 Å². The van der Waals surface area contributed by atoms with Crippen molar-refractivity contribution in [2.45, 2.75) is 26.3 Å². The van der Waals surface area contributed by atoms with Crippen LogP contribution in [0.2, 0.25) is 0 Å². The maximum Gasteiger partial charge on any atom is 0.0998 e. The van der Waals surface area contributed by atoms with Gasteiger partial charge >= 0.3 is 0 Å². The maximum absolute atomic E-state index is 9.10. The zero-order chi connectivity index (χ0) is 14.9. The molecule has 0 aliphatic carbocycles. The number of hydrogen-bond acceptors (Lipinski definition) is 3. The van der Waals surface area contributed by atoms with Crippen molar-refractivity contribution < 1.29 is 4.74 Å². The summed E-state index contributed by atoms with van der Waals surface area (Å²) in [6.07, 6.45) is 4.31. The van der Waals surface area contributed by atoms with Crippen LogP contribution in [0.15, 0.2) is 30.5 Å². The van der Waals surface area contributed by atoms with Crippen molar-refractivity contribution >= 4 is 10.9 Å². The van der Waals surface area contributed by atoms with Crippen LogP contribution in [0.5, 0.6) is 0 Å². The highest BCUT2D eigenvalue weighted by molar-refractivity contribution is 5.85. The predicted molar refractivity (Wildman–Crippen MR) is 85.2 cm³/mol. The zero-order valence-electron chi connectivity index (χ0n) is 12.6. The standard InChI is InChI=1S/C17H23N3O/c1-2-21-13-4-3-9-19-10-12-20-11-8-16-15(14-18)6-5-7-17(16)20/h5-8,11,19H,2-4,9-10,12-13H2,1H3. The minimum absolute atomic E-state index is 0.745. The summed E-state index contributed by atoms with van der Waals surface area (Å²) in [6, 6.07) is 10.1. The van der Waals surface area contributed by atoms with Crippen LogP contribution < -0.4 is 5.32 Å². The van der Waals surface area contributed by atoms with E-state index in [-0.39, 0.29) is 0 Å². The lowest BCUT2D eigenvalue weighted by Crippen LogP contribution is -2.21. The van der Waals surface area contributed by atoms with E-state index in [1.54, 1.807) is 0 Å². The molecule has 2 aromatic rings. The Bertz CT molecular complexity index is 598. The minimum atomic E-state index is 0.745. The van der Waals surface area contributed by atoms with E-state index in [4.69, 9.17) is 10.00 Å². The minimum Gasteiger partial charge on any atom is -0.382 e. The highest BCUT2D eigenvalue weighted by Gasteiger charge is 2.04. The third-order valence-corrected chi connectivity index (χ3v) is 3.56. The number of rotatable bonds is 9. The van der Waals surface area contributed by atoms with Crippen molar-refractivity contribution in [3.05, 3.63) is 36.0 Å². The van der Waals surface area contributed by atoms with E-state index in [1.807, 2.05) is 25.1 Å². The molecule has 0 aliphatic heterocycles. The molecule has 0 bridgehead atoms. The number of unbranched alkanes of at least 4 members (excludes halogenated alkanes) is 1. The van der Waals surface area contributed by atoms with Crippen LogP contribution in [-0.4, -0.2) is 30.9 Å². The molecule has 0 radical (unpaired) electrons. The third kappa shape index (κ3) is 4.32. The second-order valence-corrected chi connectivity index (χ2v) is 5.01. The molecule has 4 nitrogen and oxygen atoms in total. The molecule has 0 amide bonds. The van der Waals surface area contributed by atoms with Gasteiger partial charge in [0.05, 0.1) is 11.6 Å². The molecule has 1 aromatic heterocycles. The molecule has 0 saturated heterocycles. The number of ether oxygens (including phenoxy) is 1. The molecule has 0 atom stereocenters. The second kappa shape index (κ2) is 8.46. The molecular weight excluding hydrogens is 262 g/mol. The first-order valence-electron chi connectivity index (χ1n) is 7.63. The Hall–Kier alpha value is -1.83. The van der Waals surface area contributed by atoms with Crippen LogP contribution in [0.1, 0.15) is 25.3 Å². The number of hydrogen-bond donors (Lipinski definition) is 1. The average Bonchev–Trinajstić information content (AvgIpc) is 2.93. The number of benzene rings is 1. The van der Waals surface area contributed by atoms with Gasteiger partial charge in [-0.1, -0.05) is 6.07 Å². The van der Waals surface area contributed by atoms with Crippen molar-refractivity contribution in [3.63, 3.8) is 0 Å². The molecular formula is C17H23N3O. The molecule has 0 fully saturated rings. The van der Waals surface area contributed by atoms with Gasteiger partial charge in [0.25, 0.3) is 0 Å². The van der Waals surface area contributed by atoms with Gasteiger partial charge < -0.3 is 14.6 Å². The van der Waals surface area contributed by atoms with E-state index in [9.17, 15) is 0 Å². The first kappa shape index (κ1) is 15.6. The summed E-state index contributed by atoms with van der Waals surface area (Å²) < 4.78 is 7.51. The van der Waals surface area contributed by atoms with Gasteiger partial charge in [0.2, 0.25) is 0 Å². The quantitative estimate of drug-likeness (QED) is 0.721. The number of nitrogens with one attached hydrogen (secondary N) is 1. The second-order valence-electron chi connectivity index (χ2n) is 5.01. The van der Waals surface area contributed by atoms with Gasteiger partial charge in [0, 0.05) is 43.4 Å². The van der Waals surface area contributed by atoms with Crippen LogP contribution >= 0.6 is 0 Å². The van der Waals surface area contributed by atoms with Crippen LogP contribution in [0, 0.1) is 11.3 Å². The predicted octanol–water partition coefficient (Wildman–Crippen LogP) is 2.92. The topological polar surface area (TPSA) is 50.0 Å². The first-order chi connectivity index (χ1) is 10.4. The number of nitrogens with zero attached hydrogens (tertiary/aromatic N) is 2. The van der Waals surface area contributed by atoms with Crippen molar-refractivity contribution in [1.82, 2.24) is 9.88 Å². The molecule has 1 aromatic carbocycles. The van der Waals surface area contributed by atoms with E-state index in [1.165, 1.54) is 0 Å². The van der Waals surface area contributed by atoms with Crippen molar-refractivity contribution in [1.29, 1.82) is 5.26 Å². The van der Waals surface area contributed by atoms with E-state index in [2.05, 4.69) is 28.2 Å². The van der Waals surface area contributed by atoms with E-state index >= 15 is 0 Å². The summed E-state index contributed by atoms with van der Waals surface area (Å²) >= 11 is 0. The largest absolute Gasteiger partial charge is 0.382 e. The molecule has 1 N–H and O–H groups in total. The smallest absolute Gasteiger partial charge is 0.0998 e. The van der Waals surface area contributed by atoms with Crippen LogP contribution in [0.3, 0.4) is 0 Å². The highest BCUT2D eigenvalue weighted by Crippen LogP contribution is 2.19. The lowest BCUT2D eigenvalue weighted by molar-refractivity contribution is 0.143. The highest BCUT2D eigenvalue weighted by atomic mass is 16.5. The van der Waals surface area contributed by atoms with Gasteiger partial charge in [-0.2, -0.15) is 5.26 Å². The Labute approximate surface area is 126 Å². The molecule has 112 valence electrons. The average molecular weight is 285 g/mol. The molecule has 2 rings (SSSR count). The Balaban J connectivity index is 1.76. The number of aromatic nitrogens is 1. The van der Waals surface area contributed by atoms with Crippen LogP contribution in [0.4, 0.5) is 0 Å². The van der Waals surface area contributed by atoms with Gasteiger partial charge in [0.1, 0.15) is 0 Å². The first-order valence-corrected chi connectivity index (χ1v) is 7.63. The van der Waals surface area contributed by atoms with Gasteiger partial charge in [-0.15, -0.1) is 0 Å². The summed E-state index contributed by atoms with van der Waals surface area (Å²) in [4.78, 5) is 0. The van der Waals surface area contributed by atoms with Gasteiger partial charge in [-0.3, -0.25) is 0 Å². The van der Waals surface area contributed by atoms with Gasteiger partial charge in [-0.25, -0.2) is 0 Å². The fraction of sp³-hybridized carbons (Fsp3) is 0.471. The van der Waals surface area contributed by atoms with Crippen LogP contribution in [0.25, 0.3) is 10.9 Å². The molecule has 21 heavy (non-hydrogen) atoms. The summed E-state index contributed by atoms with van der Waals surface area (Å²) in [5, 5.41) is 13.6. The van der Waals surface area contributed by atoms with Crippen molar-refractivity contribution in [2.75, 3.05) is 26.3 Å². The molecule has 1 heterocycles. The van der Waals surface area contributed by atoms with Crippen molar-refractivity contribution in [3.8, 4) is 6.07 Å². The summed E-state index contributed by atoms with van der Waals surface area (Å²) in [5.41, 5.74) is 1.88. The van der Waals surface area contributed by atoms with E-state index < -0.39 is 0 Å². The Morgan fingerprint density at radius 2 is 2.14 bits per heavy atom. The van der Waals surface area contributed by atoms with Crippen molar-refractivity contribution in [2.24, 2.45) is 0 Å². The molecule has 0 spiro atoms. The van der Waals surface area contributed by atoms with Gasteiger partial charge in [-0.05, 0) is 44.5 Å². The summed E-state index contributed by atoms with van der Waals surface area (Å²) in [5.74, 6) is 0. The molecule has 0 unspecified atom stereocenters. The number of fused-ring (bicyclic) bond motifs is 1. The molecule has 4 heteroatoms. The Morgan fingerprint density at radius 1 is 1.24 bits per heavy atom. The normalized spacial score (nSPS) is 10.9. The fourth-order valence-corrected chi connectivity index (χ4v) is 2.44. The summed E-state index contributed by atoms with van der Waals surface area (Å²) in [7, 11) is 0. The van der Waals surface area contributed by atoms with Crippen LogP contribution in [-0.2, 0) is 11.3 Å². The zero-order valence-corrected chi connectivity index (χ0v) is 12.6. The lowest BCUT2D eigenvalue weighted by atomic mass is 10.1. The molecule has 0 saturated carbocycles.